The smallest absolute Gasteiger partial charge is 0.0980 e. The van der Waals surface area contributed by atoms with E-state index < -0.39 is 0 Å². The van der Waals surface area contributed by atoms with E-state index in [2.05, 4.69) is 127 Å². The third-order valence-corrected chi connectivity index (χ3v) is 9.58. The first-order chi connectivity index (χ1) is 24.7. The predicted octanol–water partition coefficient (Wildman–Crippen LogP) is 11.7. The van der Waals surface area contributed by atoms with Crippen LogP contribution in [0.2, 0.25) is 0 Å². The Morgan fingerprint density at radius 2 is 0.900 bits per heavy atom. The number of rotatable bonds is 4. The molecule has 4 heterocycles. The minimum absolute atomic E-state index is 0.819. The highest BCUT2D eigenvalue weighted by Crippen LogP contribution is 2.38. The summed E-state index contributed by atoms with van der Waals surface area (Å²) in [6, 6.07) is 59.0. The van der Waals surface area contributed by atoms with Crippen molar-refractivity contribution in [2.75, 3.05) is 0 Å². The highest BCUT2D eigenvalue weighted by atomic mass is 14.8. The van der Waals surface area contributed by atoms with Gasteiger partial charge >= 0.3 is 0 Å². The number of fused-ring (bicyclic) bond motifs is 7. The number of aromatic nitrogens is 4. The first kappa shape index (κ1) is 28.3. The molecule has 0 aliphatic carbocycles. The Bertz CT molecular complexity index is 2860. The van der Waals surface area contributed by atoms with Crippen LogP contribution in [0.1, 0.15) is 0 Å². The van der Waals surface area contributed by atoms with Gasteiger partial charge < -0.3 is 0 Å². The third kappa shape index (κ3) is 4.77. The molecule has 6 aromatic carbocycles. The lowest BCUT2D eigenvalue weighted by Gasteiger charge is -2.14. The Hall–Kier alpha value is -6.78. The monoisotopic (exact) mass is 636 g/mol. The highest BCUT2D eigenvalue weighted by Gasteiger charge is 2.18. The van der Waals surface area contributed by atoms with E-state index in [1.54, 1.807) is 0 Å². The molecule has 4 aromatic heterocycles. The maximum absolute atomic E-state index is 5.48. The minimum atomic E-state index is 0.819. The fourth-order valence-electron chi connectivity index (χ4n) is 7.07. The van der Waals surface area contributed by atoms with Gasteiger partial charge in [-0.05, 0) is 47.2 Å². The van der Waals surface area contributed by atoms with Gasteiger partial charge in [0.25, 0.3) is 0 Å². The molecule has 10 aromatic rings. The molecular formula is C46H28N4. The van der Waals surface area contributed by atoms with Gasteiger partial charge in [-0.25, -0.2) is 19.9 Å². The Morgan fingerprint density at radius 1 is 0.280 bits per heavy atom. The van der Waals surface area contributed by atoms with E-state index in [-0.39, 0.29) is 0 Å². The molecular weight excluding hydrogens is 609 g/mol. The SMILES string of the molecule is c1ccc(-c2cc(-c3nc4ccccc4c4cc5ccc6ccc(-c7ccc8ccccc8c7)nc6c5nc34)cc(-c3ccccc3)n2)cc1. The normalized spacial score (nSPS) is 11.6. The molecule has 4 nitrogen and oxygen atoms in total. The number of hydrogen-bond donors (Lipinski definition) is 0. The van der Waals surface area contributed by atoms with E-state index >= 15 is 0 Å². The Balaban J connectivity index is 1.25. The van der Waals surface area contributed by atoms with Gasteiger partial charge in [0.2, 0.25) is 0 Å². The zero-order valence-corrected chi connectivity index (χ0v) is 27.0. The van der Waals surface area contributed by atoms with Gasteiger partial charge in [0.1, 0.15) is 0 Å². The van der Waals surface area contributed by atoms with Crippen molar-refractivity contribution in [3.63, 3.8) is 0 Å². The van der Waals surface area contributed by atoms with Crippen LogP contribution in [0, 0.1) is 0 Å². The molecule has 0 aliphatic heterocycles. The third-order valence-electron chi connectivity index (χ3n) is 9.58. The van der Waals surface area contributed by atoms with E-state index in [1.807, 2.05) is 42.5 Å². The van der Waals surface area contributed by atoms with Crippen molar-refractivity contribution in [2.24, 2.45) is 0 Å². The highest BCUT2D eigenvalue weighted by molar-refractivity contribution is 6.15. The zero-order chi connectivity index (χ0) is 33.0. The van der Waals surface area contributed by atoms with Crippen LogP contribution in [0.15, 0.2) is 170 Å². The summed E-state index contributed by atoms with van der Waals surface area (Å²) in [4.78, 5) is 21.2. The summed E-state index contributed by atoms with van der Waals surface area (Å²) in [7, 11) is 0. The molecule has 4 heteroatoms. The number of benzene rings is 6. The van der Waals surface area contributed by atoms with Crippen molar-refractivity contribution in [2.45, 2.75) is 0 Å². The molecule has 0 N–H and O–H groups in total. The maximum Gasteiger partial charge on any atom is 0.0980 e. The van der Waals surface area contributed by atoms with Gasteiger partial charge in [-0.15, -0.1) is 0 Å². The zero-order valence-electron chi connectivity index (χ0n) is 27.0. The molecule has 0 unspecified atom stereocenters. The topological polar surface area (TPSA) is 51.6 Å². The first-order valence-corrected chi connectivity index (χ1v) is 16.8. The molecule has 10 rings (SSSR count). The maximum atomic E-state index is 5.48. The molecule has 232 valence electrons. The molecule has 0 saturated carbocycles. The van der Waals surface area contributed by atoms with Gasteiger partial charge in [0.15, 0.2) is 0 Å². The van der Waals surface area contributed by atoms with Crippen LogP contribution < -0.4 is 0 Å². The molecule has 50 heavy (non-hydrogen) atoms. The van der Waals surface area contributed by atoms with Crippen LogP contribution in [0.3, 0.4) is 0 Å². The second-order valence-electron chi connectivity index (χ2n) is 12.7. The standard InChI is InChI=1S/C46H28N4/c1-3-12-30(13-4-1)41-27-36(28-42(47-41)31-14-5-2-6-15-31)45-46-38(37-17-9-10-18-40(37)49-45)26-35-22-20-32-23-24-39(48-43(32)44(35)50-46)34-21-19-29-11-7-8-16-33(29)25-34/h1-28H. The Kier molecular flexibility index (Phi) is 6.46. The molecule has 0 spiro atoms. The molecule has 0 fully saturated rings. The molecule has 0 radical (unpaired) electrons. The van der Waals surface area contributed by atoms with Gasteiger partial charge in [0.05, 0.1) is 44.8 Å². The van der Waals surface area contributed by atoms with Crippen molar-refractivity contribution in [1.82, 2.24) is 19.9 Å². The average molecular weight is 637 g/mol. The number of para-hydroxylation sites is 1. The van der Waals surface area contributed by atoms with Crippen molar-refractivity contribution in [3.8, 4) is 45.0 Å². The summed E-state index contributed by atoms with van der Waals surface area (Å²) < 4.78 is 0. The van der Waals surface area contributed by atoms with E-state index in [0.717, 1.165) is 88.6 Å². The Morgan fingerprint density at radius 3 is 1.68 bits per heavy atom. The van der Waals surface area contributed by atoms with Crippen molar-refractivity contribution in [1.29, 1.82) is 0 Å². The predicted molar refractivity (Wildman–Crippen MR) is 207 cm³/mol. The van der Waals surface area contributed by atoms with Crippen molar-refractivity contribution < 1.29 is 0 Å². The second kappa shape index (κ2) is 11.4. The van der Waals surface area contributed by atoms with Crippen LogP contribution in [0.5, 0.6) is 0 Å². The summed E-state index contributed by atoms with van der Waals surface area (Å²) in [5.74, 6) is 0. The molecule has 0 amide bonds. The summed E-state index contributed by atoms with van der Waals surface area (Å²) >= 11 is 0. The molecule has 0 bridgehead atoms. The lowest BCUT2D eigenvalue weighted by molar-refractivity contribution is 1.31. The summed E-state index contributed by atoms with van der Waals surface area (Å²) in [6.45, 7) is 0. The Labute approximate surface area is 288 Å². The molecule has 0 aliphatic rings. The summed E-state index contributed by atoms with van der Waals surface area (Å²) in [5, 5.41) is 6.62. The van der Waals surface area contributed by atoms with E-state index in [1.165, 1.54) is 10.8 Å². The number of pyridine rings is 4. The van der Waals surface area contributed by atoms with Gasteiger partial charge in [-0.1, -0.05) is 133 Å². The van der Waals surface area contributed by atoms with Crippen molar-refractivity contribution in [3.05, 3.63) is 170 Å². The van der Waals surface area contributed by atoms with Crippen molar-refractivity contribution >= 4 is 54.4 Å². The quantitative estimate of drug-likeness (QED) is 0.142. The van der Waals surface area contributed by atoms with Crippen LogP contribution in [0.25, 0.3) is 99.4 Å². The van der Waals surface area contributed by atoms with E-state index in [0.29, 0.717) is 0 Å². The molecule has 0 atom stereocenters. The summed E-state index contributed by atoms with van der Waals surface area (Å²) in [5.41, 5.74) is 11.1. The lowest BCUT2D eigenvalue weighted by Crippen LogP contribution is -1.97. The van der Waals surface area contributed by atoms with Crippen LogP contribution in [-0.4, -0.2) is 19.9 Å². The van der Waals surface area contributed by atoms with Crippen LogP contribution >= 0.6 is 0 Å². The summed E-state index contributed by atoms with van der Waals surface area (Å²) in [6.07, 6.45) is 0. The largest absolute Gasteiger partial charge is 0.248 e. The fourth-order valence-corrected chi connectivity index (χ4v) is 7.07. The lowest BCUT2D eigenvalue weighted by atomic mass is 9.98. The van der Waals surface area contributed by atoms with Gasteiger partial charge in [-0.2, -0.15) is 0 Å². The van der Waals surface area contributed by atoms with Gasteiger partial charge in [-0.3, -0.25) is 0 Å². The van der Waals surface area contributed by atoms with E-state index in [4.69, 9.17) is 19.9 Å². The minimum Gasteiger partial charge on any atom is -0.248 e. The second-order valence-corrected chi connectivity index (χ2v) is 12.7. The number of nitrogens with zero attached hydrogens (tertiary/aromatic N) is 4. The first-order valence-electron chi connectivity index (χ1n) is 16.8. The average Bonchev–Trinajstić information content (AvgIpc) is 3.20. The fraction of sp³-hybridized carbons (Fsp3) is 0. The molecule has 0 saturated heterocycles. The number of hydrogen-bond acceptors (Lipinski definition) is 4. The van der Waals surface area contributed by atoms with Gasteiger partial charge in [0, 0.05) is 43.8 Å². The van der Waals surface area contributed by atoms with Crippen LogP contribution in [-0.2, 0) is 0 Å². The van der Waals surface area contributed by atoms with Crippen LogP contribution in [0.4, 0.5) is 0 Å². The van der Waals surface area contributed by atoms with E-state index in [9.17, 15) is 0 Å².